The minimum atomic E-state index is -0.407. The van der Waals surface area contributed by atoms with Gasteiger partial charge in [-0.25, -0.2) is 0 Å². The SMILES string of the molecule is CC1(C)[C@H]2CC=C(/C=N\Nc3cccc([N+](=O)[O-])c3)[C@@H]1C2. The average molecular weight is 285 g/mol. The summed E-state index contributed by atoms with van der Waals surface area (Å²) in [6, 6.07) is 6.36. The van der Waals surface area contributed by atoms with Crippen LogP contribution in [-0.2, 0) is 0 Å². The first-order chi connectivity index (χ1) is 9.98. The molecule has 3 aliphatic rings. The lowest BCUT2D eigenvalue weighted by molar-refractivity contribution is -0.384. The van der Waals surface area contributed by atoms with Crippen molar-refractivity contribution in [1.82, 2.24) is 0 Å². The van der Waals surface area contributed by atoms with E-state index in [1.807, 2.05) is 6.21 Å². The fourth-order valence-corrected chi connectivity index (χ4v) is 3.42. The molecule has 0 spiro atoms. The molecular weight excluding hydrogens is 266 g/mol. The Labute approximate surface area is 123 Å². The highest BCUT2D eigenvalue weighted by Gasteiger charge is 2.50. The van der Waals surface area contributed by atoms with Gasteiger partial charge in [0.25, 0.3) is 5.69 Å². The molecule has 0 amide bonds. The van der Waals surface area contributed by atoms with Crippen molar-refractivity contribution in [3.63, 3.8) is 0 Å². The highest BCUT2D eigenvalue weighted by atomic mass is 16.6. The Balaban J connectivity index is 1.67. The maximum absolute atomic E-state index is 10.7. The Morgan fingerprint density at radius 1 is 1.48 bits per heavy atom. The molecule has 0 aromatic heterocycles. The largest absolute Gasteiger partial charge is 0.278 e. The van der Waals surface area contributed by atoms with Gasteiger partial charge in [0.05, 0.1) is 16.8 Å². The van der Waals surface area contributed by atoms with Gasteiger partial charge in [0.2, 0.25) is 0 Å². The number of benzene rings is 1. The van der Waals surface area contributed by atoms with Crippen LogP contribution >= 0.6 is 0 Å². The lowest BCUT2D eigenvalue weighted by Crippen LogP contribution is -2.48. The van der Waals surface area contributed by atoms with E-state index in [1.54, 1.807) is 12.1 Å². The molecule has 1 saturated carbocycles. The summed E-state index contributed by atoms with van der Waals surface area (Å²) in [6.45, 7) is 4.64. The van der Waals surface area contributed by atoms with Crippen LogP contribution in [0.1, 0.15) is 26.7 Å². The fraction of sp³-hybridized carbons (Fsp3) is 0.438. The van der Waals surface area contributed by atoms with Crippen LogP contribution < -0.4 is 5.43 Å². The second-order valence-electron chi connectivity index (χ2n) is 6.42. The van der Waals surface area contributed by atoms with Gasteiger partial charge in [-0.3, -0.25) is 15.5 Å². The highest BCUT2D eigenvalue weighted by molar-refractivity contribution is 5.81. The number of nitrogens with one attached hydrogen (secondary N) is 1. The van der Waals surface area contributed by atoms with Crippen LogP contribution in [0.15, 0.2) is 41.0 Å². The molecule has 0 heterocycles. The van der Waals surface area contributed by atoms with Crippen molar-refractivity contribution >= 4 is 17.6 Å². The van der Waals surface area contributed by atoms with Gasteiger partial charge in [0.15, 0.2) is 0 Å². The molecular formula is C16H19N3O2. The molecule has 1 aromatic rings. The molecule has 1 aromatic carbocycles. The van der Waals surface area contributed by atoms with Crippen molar-refractivity contribution in [3.8, 4) is 0 Å². The smallest absolute Gasteiger partial charge is 0.271 e. The summed E-state index contributed by atoms with van der Waals surface area (Å²) in [5.74, 6) is 1.40. The van der Waals surface area contributed by atoms with Gasteiger partial charge in [0, 0.05) is 12.1 Å². The van der Waals surface area contributed by atoms with Crippen LogP contribution in [0.5, 0.6) is 0 Å². The van der Waals surface area contributed by atoms with Crippen molar-refractivity contribution in [1.29, 1.82) is 0 Å². The Morgan fingerprint density at radius 3 is 2.95 bits per heavy atom. The van der Waals surface area contributed by atoms with Gasteiger partial charge in [-0.2, -0.15) is 5.10 Å². The molecule has 5 heteroatoms. The molecule has 0 radical (unpaired) electrons. The molecule has 3 aliphatic carbocycles. The predicted octanol–water partition coefficient (Wildman–Crippen LogP) is 3.98. The summed E-state index contributed by atoms with van der Waals surface area (Å²) < 4.78 is 0. The number of rotatable bonds is 4. The Hall–Kier alpha value is -2.17. The molecule has 21 heavy (non-hydrogen) atoms. The molecule has 0 aliphatic heterocycles. The van der Waals surface area contributed by atoms with Gasteiger partial charge >= 0.3 is 0 Å². The van der Waals surface area contributed by atoms with Crippen LogP contribution in [0.3, 0.4) is 0 Å². The lowest BCUT2D eigenvalue weighted by Gasteiger charge is -2.55. The number of nitro benzene ring substituents is 1. The standard InChI is InChI=1S/C16H19N3O2/c1-16(2)12-7-6-11(15(16)8-12)10-17-18-13-4-3-5-14(9-13)19(20)21/h3-6,9-10,12,15,18H,7-8H2,1-2H3/b17-10-/t12-,15-/m0/s1. The first-order valence-corrected chi connectivity index (χ1v) is 7.22. The third-order valence-corrected chi connectivity index (χ3v) is 4.98. The predicted molar refractivity (Wildman–Crippen MR) is 83.3 cm³/mol. The van der Waals surface area contributed by atoms with E-state index in [0.29, 0.717) is 17.0 Å². The van der Waals surface area contributed by atoms with E-state index in [-0.39, 0.29) is 5.69 Å². The molecule has 0 saturated heterocycles. The summed E-state index contributed by atoms with van der Waals surface area (Å²) in [5.41, 5.74) is 5.22. The van der Waals surface area contributed by atoms with Crippen LogP contribution in [0, 0.1) is 27.4 Å². The number of anilines is 1. The normalized spacial score (nSPS) is 26.1. The van der Waals surface area contributed by atoms with Crippen LogP contribution in [0.2, 0.25) is 0 Å². The van der Waals surface area contributed by atoms with Crippen molar-refractivity contribution in [3.05, 3.63) is 46.0 Å². The molecule has 1 N–H and O–H groups in total. The Bertz CT molecular complexity index is 634. The van der Waals surface area contributed by atoms with E-state index < -0.39 is 4.92 Å². The molecule has 0 unspecified atom stereocenters. The van der Waals surface area contributed by atoms with Gasteiger partial charge in [-0.05, 0) is 41.7 Å². The lowest BCUT2D eigenvalue weighted by atomic mass is 9.49. The minimum absolute atomic E-state index is 0.0649. The highest BCUT2D eigenvalue weighted by Crippen LogP contribution is 2.58. The first kappa shape index (κ1) is 13.8. The third-order valence-electron chi connectivity index (χ3n) is 4.98. The summed E-state index contributed by atoms with van der Waals surface area (Å²) in [6.07, 6.45) is 6.51. The Morgan fingerprint density at radius 2 is 2.29 bits per heavy atom. The summed E-state index contributed by atoms with van der Waals surface area (Å²) in [5, 5.41) is 15.0. The van der Waals surface area contributed by atoms with Gasteiger partial charge in [-0.15, -0.1) is 0 Å². The maximum Gasteiger partial charge on any atom is 0.271 e. The molecule has 110 valence electrons. The van der Waals surface area contributed by atoms with Crippen molar-refractivity contribution in [2.24, 2.45) is 22.4 Å². The van der Waals surface area contributed by atoms with Crippen molar-refractivity contribution in [2.75, 3.05) is 5.43 Å². The van der Waals surface area contributed by atoms with Crippen LogP contribution in [0.25, 0.3) is 0 Å². The monoisotopic (exact) mass is 285 g/mol. The van der Waals surface area contributed by atoms with E-state index in [1.165, 1.54) is 24.1 Å². The van der Waals surface area contributed by atoms with Gasteiger partial charge in [0.1, 0.15) is 0 Å². The van der Waals surface area contributed by atoms with Crippen LogP contribution in [0.4, 0.5) is 11.4 Å². The summed E-state index contributed by atoms with van der Waals surface area (Å²) in [4.78, 5) is 10.3. The quantitative estimate of drug-likeness (QED) is 0.517. The number of hydrazone groups is 1. The average Bonchev–Trinajstić information content (AvgIpc) is 2.47. The third kappa shape index (κ3) is 2.44. The molecule has 2 atom stereocenters. The topological polar surface area (TPSA) is 67.5 Å². The van der Waals surface area contributed by atoms with Crippen LogP contribution in [-0.4, -0.2) is 11.1 Å². The Kier molecular flexibility index (Phi) is 3.27. The first-order valence-electron chi connectivity index (χ1n) is 7.22. The van der Waals surface area contributed by atoms with Gasteiger partial charge in [-0.1, -0.05) is 26.0 Å². The second kappa shape index (κ2) is 4.98. The van der Waals surface area contributed by atoms with E-state index in [0.717, 1.165) is 12.3 Å². The minimum Gasteiger partial charge on any atom is -0.278 e. The number of allylic oxidation sites excluding steroid dienone is 2. The van der Waals surface area contributed by atoms with Crippen molar-refractivity contribution in [2.45, 2.75) is 26.7 Å². The van der Waals surface area contributed by atoms with Crippen molar-refractivity contribution < 1.29 is 4.92 Å². The number of non-ortho nitro benzene ring substituents is 1. The second-order valence-corrected chi connectivity index (χ2v) is 6.42. The zero-order valence-electron chi connectivity index (χ0n) is 12.2. The summed E-state index contributed by atoms with van der Waals surface area (Å²) >= 11 is 0. The fourth-order valence-electron chi connectivity index (χ4n) is 3.42. The number of nitrogens with zero attached hydrogens (tertiary/aromatic N) is 2. The van der Waals surface area contributed by atoms with E-state index in [9.17, 15) is 10.1 Å². The number of fused-ring (bicyclic) bond motifs is 1. The number of hydrogen-bond acceptors (Lipinski definition) is 4. The zero-order chi connectivity index (χ0) is 15.0. The van der Waals surface area contributed by atoms with E-state index in [4.69, 9.17) is 0 Å². The van der Waals surface area contributed by atoms with E-state index in [2.05, 4.69) is 30.5 Å². The zero-order valence-corrected chi connectivity index (χ0v) is 12.2. The maximum atomic E-state index is 10.7. The van der Waals surface area contributed by atoms with Gasteiger partial charge < -0.3 is 0 Å². The summed E-state index contributed by atoms with van der Waals surface area (Å²) in [7, 11) is 0. The number of hydrogen-bond donors (Lipinski definition) is 1. The number of nitro groups is 1. The molecule has 1 fully saturated rings. The molecule has 2 bridgehead atoms. The van der Waals surface area contributed by atoms with E-state index >= 15 is 0 Å². The molecule has 5 nitrogen and oxygen atoms in total. The molecule has 4 rings (SSSR count).